The Hall–Kier alpha value is -0.260. The Morgan fingerprint density at radius 3 is 2.47 bits per heavy atom. The van der Waals surface area contributed by atoms with Gasteiger partial charge in [-0.05, 0) is 54.8 Å². The van der Waals surface area contributed by atoms with Crippen LogP contribution in [0.4, 0.5) is 0 Å². The zero-order valence-corrected chi connectivity index (χ0v) is 12.5. The van der Waals surface area contributed by atoms with Gasteiger partial charge in [-0.2, -0.15) is 0 Å². The van der Waals surface area contributed by atoms with Crippen LogP contribution in [0, 0.1) is 22.7 Å². The molecule has 0 aromatic carbocycles. The summed E-state index contributed by atoms with van der Waals surface area (Å²) < 4.78 is 0. The molecule has 0 aromatic rings. The molecule has 0 saturated heterocycles. The molecular formula is C17H30. The van der Waals surface area contributed by atoms with Gasteiger partial charge in [-0.25, -0.2) is 0 Å². The molecular weight excluding hydrogens is 204 g/mol. The van der Waals surface area contributed by atoms with Gasteiger partial charge in [-0.3, -0.25) is 0 Å². The van der Waals surface area contributed by atoms with Crippen molar-refractivity contribution in [2.24, 2.45) is 22.7 Å². The van der Waals surface area contributed by atoms with Gasteiger partial charge in [0.2, 0.25) is 0 Å². The van der Waals surface area contributed by atoms with Gasteiger partial charge in [-0.15, -0.1) is 0 Å². The molecule has 2 aliphatic rings. The van der Waals surface area contributed by atoms with Crippen molar-refractivity contribution in [1.82, 2.24) is 0 Å². The van der Waals surface area contributed by atoms with E-state index in [4.69, 9.17) is 0 Å². The smallest absolute Gasteiger partial charge is 0.0152 e. The fraction of sp³-hybridized carbons (Fsp3) is 0.882. The molecule has 0 nitrogen and oxygen atoms in total. The van der Waals surface area contributed by atoms with E-state index in [1.54, 1.807) is 5.57 Å². The number of hydrogen-bond acceptors (Lipinski definition) is 0. The number of hydrogen-bond donors (Lipinski definition) is 0. The van der Waals surface area contributed by atoms with Crippen LogP contribution in [0.15, 0.2) is 11.6 Å². The van der Waals surface area contributed by atoms with Crippen molar-refractivity contribution in [2.45, 2.75) is 73.1 Å². The van der Waals surface area contributed by atoms with E-state index in [1.165, 1.54) is 38.5 Å². The lowest BCUT2D eigenvalue weighted by molar-refractivity contribution is 0.266. The monoisotopic (exact) mass is 234 g/mol. The van der Waals surface area contributed by atoms with Gasteiger partial charge >= 0.3 is 0 Å². The van der Waals surface area contributed by atoms with Gasteiger partial charge in [0, 0.05) is 0 Å². The highest BCUT2D eigenvalue weighted by Gasteiger charge is 2.46. The topological polar surface area (TPSA) is 0 Å². The van der Waals surface area contributed by atoms with Crippen LogP contribution in [0.1, 0.15) is 73.1 Å². The molecule has 2 aliphatic carbocycles. The first-order valence-electron chi connectivity index (χ1n) is 7.58. The van der Waals surface area contributed by atoms with E-state index in [-0.39, 0.29) is 0 Å². The van der Waals surface area contributed by atoms with E-state index in [2.05, 4.69) is 40.7 Å². The van der Waals surface area contributed by atoms with Crippen molar-refractivity contribution in [1.29, 1.82) is 0 Å². The molecule has 0 aliphatic heterocycles. The highest BCUT2D eigenvalue weighted by Crippen LogP contribution is 2.56. The largest absolute Gasteiger partial charge is 0.0845 e. The van der Waals surface area contributed by atoms with Crippen LogP contribution in [-0.2, 0) is 0 Å². The third-order valence-electron chi connectivity index (χ3n) is 5.66. The molecule has 17 heavy (non-hydrogen) atoms. The lowest BCUT2D eigenvalue weighted by atomic mass is 9.77. The number of rotatable bonds is 4. The van der Waals surface area contributed by atoms with E-state index in [0.717, 1.165) is 11.8 Å². The van der Waals surface area contributed by atoms with Crippen LogP contribution in [0.3, 0.4) is 0 Å². The summed E-state index contributed by atoms with van der Waals surface area (Å²) in [4.78, 5) is 0. The van der Waals surface area contributed by atoms with E-state index in [1.807, 2.05) is 0 Å². The van der Waals surface area contributed by atoms with Crippen molar-refractivity contribution in [3.63, 3.8) is 0 Å². The quantitative estimate of drug-likeness (QED) is 0.557. The first-order valence-corrected chi connectivity index (χ1v) is 7.58. The van der Waals surface area contributed by atoms with Crippen LogP contribution < -0.4 is 0 Å². The van der Waals surface area contributed by atoms with E-state index < -0.39 is 0 Å². The fourth-order valence-electron chi connectivity index (χ4n) is 3.72. The Morgan fingerprint density at radius 1 is 1.29 bits per heavy atom. The van der Waals surface area contributed by atoms with Crippen molar-refractivity contribution < 1.29 is 0 Å². The Kier molecular flexibility index (Phi) is 3.45. The molecule has 2 rings (SSSR count). The summed E-state index contributed by atoms with van der Waals surface area (Å²) >= 11 is 0. The summed E-state index contributed by atoms with van der Waals surface area (Å²) in [6.45, 7) is 12.1. The Bertz CT molecular complexity index is 310. The summed E-state index contributed by atoms with van der Waals surface area (Å²) in [6.07, 6.45) is 10.9. The minimum atomic E-state index is 0.553. The Labute approximate surface area is 108 Å². The van der Waals surface area contributed by atoms with Gasteiger partial charge in [0.1, 0.15) is 0 Å². The van der Waals surface area contributed by atoms with Gasteiger partial charge in [-0.1, -0.05) is 52.7 Å². The molecule has 98 valence electrons. The molecule has 0 bridgehead atoms. The van der Waals surface area contributed by atoms with Crippen LogP contribution in [0.25, 0.3) is 0 Å². The molecule has 3 atom stereocenters. The molecule has 0 aromatic heterocycles. The van der Waals surface area contributed by atoms with E-state index in [0.29, 0.717) is 10.8 Å². The van der Waals surface area contributed by atoms with Crippen LogP contribution in [0.2, 0.25) is 0 Å². The molecule has 2 saturated carbocycles. The Morgan fingerprint density at radius 2 is 1.94 bits per heavy atom. The van der Waals surface area contributed by atoms with E-state index >= 15 is 0 Å². The molecule has 0 spiro atoms. The first kappa shape index (κ1) is 13.2. The second-order valence-corrected chi connectivity index (χ2v) is 7.57. The highest BCUT2D eigenvalue weighted by molar-refractivity contribution is 5.18. The zero-order chi connectivity index (χ0) is 12.7. The van der Waals surface area contributed by atoms with Gasteiger partial charge in [0.15, 0.2) is 0 Å². The van der Waals surface area contributed by atoms with Crippen LogP contribution in [0.5, 0.6) is 0 Å². The average molecular weight is 234 g/mol. The lowest BCUT2D eigenvalue weighted by Crippen LogP contribution is -2.18. The maximum atomic E-state index is 2.62. The highest BCUT2D eigenvalue weighted by atomic mass is 14.5. The van der Waals surface area contributed by atoms with Crippen molar-refractivity contribution >= 4 is 0 Å². The average Bonchev–Trinajstić information content (AvgIpc) is 2.73. The minimum Gasteiger partial charge on any atom is -0.0845 e. The second kappa shape index (κ2) is 4.44. The third kappa shape index (κ3) is 2.61. The minimum absolute atomic E-state index is 0.553. The van der Waals surface area contributed by atoms with E-state index in [9.17, 15) is 0 Å². The second-order valence-electron chi connectivity index (χ2n) is 7.57. The van der Waals surface area contributed by atoms with Gasteiger partial charge in [0.05, 0.1) is 0 Å². The maximum Gasteiger partial charge on any atom is -0.0152 e. The molecule has 0 heteroatoms. The van der Waals surface area contributed by atoms with Crippen LogP contribution >= 0.6 is 0 Å². The van der Waals surface area contributed by atoms with Crippen molar-refractivity contribution in [3.05, 3.63) is 11.6 Å². The lowest BCUT2D eigenvalue weighted by Gasteiger charge is -2.27. The number of allylic oxidation sites excluding steroid dienone is 2. The summed E-state index contributed by atoms with van der Waals surface area (Å²) in [7, 11) is 0. The maximum absolute atomic E-state index is 2.62. The summed E-state index contributed by atoms with van der Waals surface area (Å²) in [6, 6.07) is 0. The van der Waals surface area contributed by atoms with Crippen LogP contribution in [-0.4, -0.2) is 0 Å². The summed E-state index contributed by atoms with van der Waals surface area (Å²) in [5.74, 6) is 1.82. The first-order chi connectivity index (χ1) is 7.89. The molecule has 0 heterocycles. The predicted molar refractivity (Wildman–Crippen MR) is 76.0 cm³/mol. The zero-order valence-electron chi connectivity index (χ0n) is 12.5. The van der Waals surface area contributed by atoms with Crippen molar-refractivity contribution in [2.75, 3.05) is 0 Å². The fourth-order valence-corrected chi connectivity index (χ4v) is 3.72. The summed E-state index contributed by atoms with van der Waals surface area (Å²) in [5, 5.41) is 0. The normalized spacial score (nSPS) is 42.1. The Balaban J connectivity index is 2.02. The molecule has 0 radical (unpaired) electrons. The van der Waals surface area contributed by atoms with Gasteiger partial charge < -0.3 is 0 Å². The van der Waals surface area contributed by atoms with Gasteiger partial charge in [0.25, 0.3) is 0 Å². The SMILES string of the molecule is CCCC1C(=CCC2(C)CC2C)CCC1(C)C. The van der Waals surface area contributed by atoms with Crippen molar-refractivity contribution in [3.8, 4) is 0 Å². The molecule has 0 amide bonds. The third-order valence-corrected chi connectivity index (χ3v) is 5.66. The molecule has 2 fully saturated rings. The standard InChI is InChI=1S/C17H30/c1-6-7-15-14(8-10-16(15,3)4)9-11-17(5)12-13(17)2/h9,13,15H,6-8,10-12H2,1-5H3. The predicted octanol–water partition coefficient (Wildman–Crippen LogP) is 5.59. The molecule has 0 N–H and O–H groups in total. The summed E-state index contributed by atoms with van der Waals surface area (Å²) in [5.41, 5.74) is 2.99. The molecule has 3 unspecified atom stereocenters.